The third-order valence-electron chi connectivity index (χ3n) is 0. The van der Waals surface area contributed by atoms with Crippen molar-refractivity contribution in [1.29, 1.82) is 0 Å². The predicted molar refractivity (Wildman–Crippen MR) is 40.8 cm³/mol. The van der Waals surface area contributed by atoms with Crippen LogP contribution in [0, 0.1) is 0 Å². The van der Waals surface area contributed by atoms with Crippen molar-refractivity contribution in [2.45, 2.75) is 0 Å². The van der Waals surface area contributed by atoms with Gasteiger partial charge in [-0.15, -0.1) is 0 Å². The highest BCUT2D eigenvalue weighted by atomic mass is 16.6. The van der Waals surface area contributed by atoms with E-state index >= 15 is 0 Å². The van der Waals surface area contributed by atoms with Crippen molar-refractivity contribution in [3.8, 4) is 0 Å². The second-order valence-corrected chi connectivity index (χ2v) is 0.283. The molecule has 0 atom stereocenters. The third-order valence-corrected chi connectivity index (χ3v) is 0. The summed E-state index contributed by atoms with van der Waals surface area (Å²) in [6.45, 7) is 0. The molecule has 0 rings (SSSR count). The van der Waals surface area contributed by atoms with Crippen LogP contribution < -0.4 is 36.9 Å². The van der Waals surface area contributed by atoms with E-state index in [0.717, 1.165) is 0 Å². The first-order chi connectivity index (χ1) is 1.73. The zero-order valence-corrected chi connectivity index (χ0v) is 6.05. The van der Waals surface area contributed by atoms with Crippen LogP contribution in [0.4, 0.5) is 4.79 Å². The van der Waals surface area contributed by atoms with Gasteiger partial charge in [0.2, 0.25) is 0 Å². The molecule has 9 heteroatoms. The van der Waals surface area contributed by atoms with Crippen molar-refractivity contribution in [3.05, 3.63) is 0 Å². The summed E-state index contributed by atoms with van der Waals surface area (Å²) in [6.07, 6.45) is -1.83. The van der Waals surface area contributed by atoms with E-state index in [4.69, 9.17) is 15.0 Å². The number of hydrogen-bond acceptors (Lipinski definition) is 7. The number of hydrogen-bond donors (Lipinski definition) is 8. The highest BCUT2D eigenvalue weighted by molar-refractivity contribution is 5.53. The minimum absolute atomic E-state index is 0. The van der Waals surface area contributed by atoms with Gasteiger partial charge in [0.15, 0.2) is 0 Å². The molecule has 0 aromatic rings. The largest absolute Gasteiger partial charge is 0.503 e. The zero-order valence-electron chi connectivity index (χ0n) is 6.05. The molecule has 0 saturated heterocycles. The normalized spacial score (nSPS) is 2.40. The molecule has 0 heterocycles. The Morgan fingerprint density at radius 1 is 0.700 bits per heavy atom. The van der Waals surface area contributed by atoms with Gasteiger partial charge in [0.05, 0.1) is 0 Å². The van der Waals surface area contributed by atoms with Crippen LogP contribution in [-0.2, 0) is 0 Å². The highest BCUT2D eigenvalue weighted by Crippen LogP contribution is 1.42. The molecule has 0 aromatic heterocycles. The number of carboxylic acid groups (broad SMARTS) is 2. The van der Waals surface area contributed by atoms with Gasteiger partial charge < -0.3 is 47.1 Å². The van der Waals surface area contributed by atoms with Crippen LogP contribution in [0.3, 0.4) is 0 Å². The Kier molecular flexibility index (Phi) is 1360. The Morgan fingerprint density at radius 3 is 0.700 bits per heavy atom. The summed E-state index contributed by atoms with van der Waals surface area (Å²) in [4.78, 5) is 8.56. The van der Waals surface area contributed by atoms with Gasteiger partial charge in [-0.25, -0.2) is 4.79 Å². The quantitative estimate of drug-likeness (QED) is 0.254. The van der Waals surface area contributed by atoms with Gasteiger partial charge in [0.25, 0.3) is 0 Å². The van der Waals surface area contributed by atoms with Crippen molar-refractivity contribution >= 4 is 6.16 Å². The monoisotopic (exact) mass is 164 g/mol. The van der Waals surface area contributed by atoms with Crippen LogP contribution in [-0.4, -0.2) is 16.4 Å². The third kappa shape index (κ3) is 272. The fraction of sp³-hybridized carbons (Fsp3) is 0. The molecular formula is CH20N6O3. The van der Waals surface area contributed by atoms with Gasteiger partial charge in [-0.1, -0.05) is 0 Å². The molecular weight excluding hydrogens is 144 g/mol. The lowest BCUT2D eigenvalue weighted by Gasteiger charge is -1.60. The van der Waals surface area contributed by atoms with E-state index in [1.54, 1.807) is 0 Å². The van der Waals surface area contributed by atoms with Gasteiger partial charge in [0.1, 0.15) is 0 Å². The maximum atomic E-state index is 8.56. The second kappa shape index (κ2) is 96.3. The Labute approximate surface area is 59.3 Å². The minimum atomic E-state index is -1.83. The molecule has 0 aliphatic heterocycles. The van der Waals surface area contributed by atoms with E-state index in [1.807, 2.05) is 0 Å². The van der Waals surface area contributed by atoms with E-state index in [9.17, 15) is 0 Å². The van der Waals surface area contributed by atoms with Crippen LogP contribution in [0.15, 0.2) is 0 Å². The van der Waals surface area contributed by atoms with Gasteiger partial charge >= 0.3 is 6.16 Å². The molecule has 0 aromatic carbocycles. The molecule has 0 aliphatic carbocycles. The van der Waals surface area contributed by atoms with Gasteiger partial charge in [0, 0.05) is 0 Å². The summed E-state index contributed by atoms with van der Waals surface area (Å²) >= 11 is 0. The van der Waals surface area contributed by atoms with E-state index in [-0.39, 0.29) is 36.9 Å². The van der Waals surface area contributed by atoms with Crippen LogP contribution in [0.1, 0.15) is 0 Å². The number of rotatable bonds is 0. The first kappa shape index (κ1) is 141. The van der Waals surface area contributed by atoms with Gasteiger partial charge in [-0.05, 0) is 0 Å². The maximum Gasteiger partial charge on any atom is 0.503 e. The smallest absolute Gasteiger partial charge is 0.450 e. The maximum absolute atomic E-state index is 8.56. The Balaban J connectivity index is -0.00000000300. The Bertz CT molecular complexity index is 36.0. The average Bonchev–Trinajstić information content (AvgIpc) is 0.811. The minimum Gasteiger partial charge on any atom is -0.450 e. The van der Waals surface area contributed by atoms with Crippen molar-refractivity contribution in [2.24, 2.45) is 0 Å². The molecule has 0 spiro atoms. The predicted octanol–water partition coefficient (Wildman–Crippen LogP) is 1.19. The van der Waals surface area contributed by atoms with Gasteiger partial charge in [-0.3, -0.25) is 0 Å². The number of carbonyl (C=O) groups is 1. The lowest BCUT2D eigenvalue weighted by molar-refractivity contribution is 0.137. The van der Waals surface area contributed by atoms with E-state index in [1.165, 1.54) is 0 Å². The molecule has 10 heavy (non-hydrogen) atoms. The Morgan fingerprint density at radius 2 is 0.700 bits per heavy atom. The average molecular weight is 164 g/mol. The summed E-state index contributed by atoms with van der Waals surface area (Å²) in [5.41, 5.74) is 0. The van der Waals surface area contributed by atoms with Crippen LogP contribution in [0.2, 0.25) is 0 Å². The van der Waals surface area contributed by atoms with Crippen LogP contribution in [0.5, 0.6) is 0 Å². The van der Waals surface area contributed by atoms with Crippen molar-refractivity contribution in [2.75, 3.05) is 0 Å². The molecule has 0 fully saturated rings. The molecule has 0 bridgehead atoms. The van der Waals surface area contributed by atoms with Crippen molar-refractivity contribution < 1.29 is 15.0 Å². The summed E-state index contributed by atoms with van der Waals surface area (Å²) < 4.78 is 0. The topological polar surface area (TPSA) is 268 Å². The van der Waals surface area contributed by atoms with Gasteiger partial charge in [-0.2, -0.15) is 0 Å². The molecule has 72 valence electrons. The summed E-state index contributed by atoms with van der Waals surface area (Å²) in [7, 11) is 0. The SMILES string of the molecule is N.N.N.N.N.N.O=C(O)O. The molecule has 0 radical (unpaired) electrons. The molecule has 9 nitrogen and oxygen atoms in total. The van der Waals surface area contributed by atoms with Crippen molar-refractivity contribution in [1.82, 2.24) is 36.9 Å². The molecule has 20 N–H and O–H groups in total. The standard InChI is InChI=1S/CH2O3.6H3N/c2-1(3)4;;;;;;/h(H2,2,3,4);6*1H3. The highest BCUT2D eigenvalue weighted by Gasteiger charge is 1.70. The van der Waals surface area contributed by atoms with E-state index < -0.39 is 6.16 Å². The van der Waals surface area contributed by atoms with E-state index in [0.29, 0.717) is 0 Å². The summed E-state index contributed by atoms with van der Waals surface area (Å²) in [5.74, 6) is 0. The van der Waals surface area contributed by atoms with E-state index in [2.05, 4.69) is 0 Å². The molecule has 0 aliphatic rings. The zero-order chi connectivity index (χ0) is 3.58. The van der Waals surface area contributed by atoms with Crippen LogP contribution in [0.25, 0.3) is 0 Å². The molecule has 0 unspecified atom stereocenters. The van der Waals surface area contributed by atoms with Crippen molar-refractivity contribution in [3.63, 3.8) is 0 Å². The van der Waals surface area contributed by atoms with Crippen LogP contribution >= 0.6 is 0 Å². The fourth-order valence-corrected chi connectivity index (χ4v) is 0. The lowest BCUT2D eigenvalue weighted by Crippen LogP contribution is -1.81. The summed E-state index contributed by atoms with van der Waals surface area (Å²) in [5, 5.41) is 13.9. The first-order valence-electron chi connectivity index (χ1n) is 0.651. The Hall–Kier alpha value is -0.970. The molecule has 0 amide bonds. The first-order valence-corrected chi connectivity index (χ1v) is 0.651. The summed E-state index contributed by atoms with van der Waals surface area (Å²) in [6, 6.07) is 0. The lowest BCUT2D eigenvalue weighted by atomic mass is 11.5. The fourth-order valence-electron chi connectivity index (χ4n) is 0. The molecule has 0 saturated carbocycles. The second-order valence-electron chi connectivity index (χ2n) is 0.283.